The number of amides is 2. The summed E-state index contributed by atoms with van der Waals surface area (Å²) in [5.74, 6) is -0.480. The molecule has 0 saturated carbocycles. The van der Waals surface area contributed by atoms with E-state index >= 15 is 0 Å². The number of carbonyl (C=O) groups is 2. The maximum atomic E-state index is 13.1. The summed E-state index contributed by atoms with van der Waals surface area (Å²) in [5.41, 5.74) is 1.43. The van der Waals surface area contributed by atoms with Crippen LogP contribution in [0.15, 0.2) is 53.4 Å². The van der Waals surface area contributed by atoms with Gasteiger partial charge in [0.1, 0.15) is 0 Å². The molecule has 0 aliphatic rings. The number of carbonyl (C=O) groups excluding carboxylic acids is 2. The fourth-order valence-electron chi connectivity index (χ4n) is 3.07. The quantitative estimate of drug-likeness (QED) is 0.473. The molecule has 0 fully saturated rings. The molecule has 0 unspecified atom stereocenters. The van der Waals surface area contributed by atoms with Gasteiger partial charge in [-0.2, -0.15) is 4.31 Å². The topological polar surface area (TPSA) is 95.6 Å². The lowest BCUT2D eigenvalue weighted by Crippen LogP contribution is -2.33. The van der Waals surface area contributed by atoms with Crippen molar-refractivity contribution in [3.8, 4) is 0 Å². The van der Waals surface area contributed by atoms with Crippen LogP contribution < -0.4 is 10.6 Å². The molecule has 174 valence electrons. The van der Waals surface area contributed by atoms with Gasteiger partial charge >= 0.3 is 0 Å². The fraction of sp³-hybridized carbons (Fsp3) is 0.417. The van der Waals surface area contributed by atoms with Crippen LogP contribution in [0.3, 0.4) is 0 Å². The standard InChI is InChI=1S/C24H33N3O4S/c1-4-7-16-27(17-8-5-2)32(30,31)22-14-12-20(13-15-22)26-24(29)19-10-9-11-21(18-19)25-23(28)6-3/h9-15,18H,4-8,16-17H2,1-3H3,(H,25,28)(H,26,29). The molecule has 0 aromatic heterocycles. The summed E-state index contributed by atoms with van der Waals surface area (Å²) in [7, 11) is -3.58. The van der Waals surface area contributed by atoms with Gasteiger partial charge in [-0.3, -0.25) is 9.59 Å². The average molecular weight is 460 g/mol. The molecule has 0 heterocycles. The number of unbranched alkanes of at least 4 members (excludes halogenated alkanes) is 2. The molecule has 2 aromatic rings. The largest absolute Gasteiger partial charge is 0.326 e. The van der Waals surface area contributed by atoms with Crippen LogP contribution in [-0.4, -0.2) is 37.6 Å². The van der Waals surface area contributed by atoms with E-state index in [0.717, 1.165) is 25.7 Å². The summed E-state index contributed by atoms with van der Waals surface area (Å²) in [6.07, 6.45) is 3.82. The molecule has 0 radical (unpaired) electrons. The van der Waals surface area contributed by atoms with Crippen molar-refractivity contribution in [3.05, 3.63) is 54.1 Å². The van der Waals surface area contributed by atoms with Gasteiger partial charge in [-0.15, -0.1) is 0 Å². The Balaban J connectivity index is 2.12. The number of nitrogens with one attached hydrogen (secondary N) is 2. The summed E-state index contributed by atoms with van der Waals surface area (Å²) in [6.45, 7) is 6.83. The SMILES string of the molecule is CCCCN(CCCC)S(=O)(=O)c1ccc(NC(=O)c2cccc(NC(=O)CC)c2)cc1. The lowest BCUT2D eigenvalue weighted by molar-refractivity contribution is -0.115. The van der Waals surface area contributed by atoms with Gasteiger partial charge in [0.2, 0.25) is 15.9 Å². The Morgan fingerprint density at radius 3 is 2.03 bits per heavy atom. The Kier molecular flexibility index (Phi) is 9.87. The first-order chi connectivity index (χ1) is 15.3. The van der Waals surface area contributed by atoms with Gasteiger partial charge in [0.15, 0.2) is 0 Å². The van der Waals surface area contributed by atoms with Gasteiger partial charge in [-0.1, -0.05) is 39.7 Å². The lowest BCUT2D eigenvalue weighted by atomic mass is 10.1. The molecule has 7 nitrogen and oxygen atoms in total. The van der Waals surface area contributed by atoms with Gasteiger partial charge in [0.25, 0.3) is 5.91 Å². The molecule has 0 aliphatic carbocycles. The van der Waals surface area contributed by atoms with Crippen molar-refractivity contribution < 1.29 is 18.0 Å². The monoisotopic (exact) mass is 459 g/mol. The van der Waals surface area contributed by atoms with Crippen LogP contribution >= 0.6 is 0 Å². The van der Waals surface area contributed by atoms with E-state index in [1.807, 2.05) is 13.8 Å². The number of anilines is 2. The second-order valence-corrected chi connectivity index (χ2v) is 9.51. The number of hydrogen-bond acceptors (Lipinski definition) is 4. The minimum Gasteiger partial charge on any atom is -0.326 e. The third kappa shape index (κ3) is 7.17. The van der Waals surface area contributed by atoms with Crippen LogP contribution in [0, 0.1) is 0 Å². The smallest absolute Gasteiger partial charge is 0.255 e. The molecule has 32 heavy (non-hydrogen) atoms. The van der Waals surface area contributed by atoms with Crippen LogP contribution in [0.2, 0.25) is 0 Å². The maximum absolute atomic E-state index is 13.1. The molecule has 0 atom stereocenters. The lowest BCUT2D eigenvalue weighted by Gasteiger charge is -2.22. The zero-order chi connectivity index (χ0) is 23.6. The first-order valence-corrected chi connectivity index (χ1v) is 12.6. The van der Waals surface area contributed by atoms with Gasteiger partial charge in [-0.25, -0.2) is 8.42 Å². The van der Waals surface area contributed by atoms with E-state index in [9.17, 15) is 18.0 Å². The zero-order valence-corrected chi connectivity index (χ0v) is 19.9. The van der Waals surface area contributed by atoms with Crippen molar-refractivity contribution in [1.29, 1.82) is 0 Å². The summed E-state index contributed by atoms with van der Waals surface area (Å²) < 4.78 is 27.7. The summed E-state index contributed by atoms with van der Waals surface area (Å²) in [6, 6.07) is 12.9. The van der Waals surface area contributed by atoms with Crippen LogP contribution in [0.4, 0.5) is 11.4 Å². The van der Waals surface area contributed by atoms with Crippen molar-refractivity contribution in [1.82, 2.24) is 4.31 Å². The molecule has 0 bridgehead atoms. The third-order valence-electron chi connectivity index (χ3n) is 5.00. The number of sulfonamides is 1. The zero-order valence-electron chi connectivity index (χ0n) is 19.1. The Labute approximate surface area is 191 Å². The Morgan fingerprint density at radius 2 is 1.47 bits per heavy atom. The highest BCUT2D eigenvalue weighted by molar-refractivity contribution is 7.89. The number of nitrogens with zero attached hydrogens (tertiary/aromatic N) is 1. The Morgan fingerprint density at radius 1 is 0.844 bits per heavy atom. The molecular formula is C24H33N3O4S. The normalized spacial score (nSPS) is 11.4. The van der Waals surface area contributed by atoms with E-state index in [0.29, 0.717) is 36.4 Å². The van der Waals surface area contributed by atoms with Crippen LogP contribution in [0.25, 0.3) is 0 Å². The molecular weight excluding hydrogens is 426 g/mol. The van der Waals surface area contributed by atoms with Gasteiger partial charge in [0, 0.05) is 36.4 Å². The van der Waals surface area contributed by atoms with Crippen molar-refractivity contribution in [2.45, 2.75) is 57.8 Å². The Hall–Kier alpha value is -2.71. The number of benzene rings is 2. The number of rotatable bonds is 12. The molecule has 2 N–H and O–H groups in total. The summed E-state index contributed by atoms with van der Waals surface area (Å²) in [4.78, 5) is 24.4. The van der Waals surface area contributed by atoms with Gasteiger partial charge in [0.05, 0.1) is 4.90 Å². The van der Waals surface area contributed by atoms with E-state index in [2.05, 4.69) is 10.6 Å². The fourth-order valence-corrected chi connectivity index (χ4v) is 4.59. The maximum Gasteiger partial charge on any atom is 0.255 e. The van der Waals surface area contributed by atoms with E-state index in [4.69, 9.17) is 0 Å². The minimum atomic E-state index is -3.58. The summed E-state index contributed by atoms with van der Waals surface area (Å²) >= 11 is 0. The molecule has 0 aliphatic heterocycles. The first-order valence-electron chi connectivity index (χ1n) is 11.1. The second kappa shape index (κ2) is 12.4. The van der Waals surface area contributed by atoms with E-state index in [1.54, 1.807) is 47.6 Å². The minimum absolute atomic E-state index is 0.133. The van der Waals surface area contributed by atoms with E-state index in [-0.39, 0.29) is 16.7 Å². The van der Waals surface area contributed by atoms with Gasteiger partial charge in [-0.05, 0) is 55.3 Å². The second-order valence-electron chi connectivity index (χ2n) is 7.57. The van der Waals surface area contributed by atoms with E-state index < -0.39 is 10.0 Å². The predicted octanol–water partition coefficient (Wildman–Crippen LogP) is 4.88. The highest BCUT2D eigenvalue weighted by Crippen LogP contribution is 2.20. The molecule has 2 aromatic carbocycles. The van der Waals surface area contributed by atoms with Crippen molar-refractivity contribution >= 4 is 33.2 Å². The summed E-state index contributed by atoms with van der Waals surface area (Å²) in [5, 5.41) is 5.49. The molecule has 8 heteroatoms. The Bertz CT molecular complexity index is 996. The molecule has 0 saturated heterocycles. The molecule has 2 rings (SSSR count). The molecule has 2 amide bonds. The van der Waals surface area contributed by atoms with Crippen LogP contribution in [0.5, 0.6) is 0 Å². The predicted molar refractivity (Wildman–Crippen MR) is 128 cm³/mol. The highest BCUT2D eigenvalue weighted by atomic mass is 32.2. The van der Waals surface area contributed by atoms with Crippen molar-refractivity contribution in [2.75, 3.05) is 23.7 Å². The third-order valence-corrected chi connectivity index (χ3v) is 6.91. The van der Waals surface area contributed by atoms with Crippen LogP contribution in [0.1, 0.15) is 63.2 Å². The highest BCUT2D eigenvalue weighted by Gasteiger charge is 2.23. The van der Waals surface area contributed by atoms with Crippen LogP contribution in [-0.2, 0) is 14.8 Å². The average Bonchev–Trinajstić information content (AvgIpc) is 2.79. The molecule has 0 spiro atoms. The van der Waals surface area contributed by atoms with E-state index in [1.165, 1.54) is 12.1 Å². The van der Waals surface area contributed by atoms with Crippen molar-refractivity contribution in [3.63, 3.8) is 0 Å². The van der Waals surface area contributed by atoms with Gasteiger partial charge < -0.3 is 10.6 Å². The van der Waals surface area contributed by atoms with Crippen molar-refractivity contribution in [2.24, 2.45) is 0 Å². The first kappa shape index (κ1) is 25.5. The number of hydrogen-bond donors (Lipinski definition) is 2.